The van der Waals surface area contributed by atoms with Gasteiger partial charge in [-0.15, -0.1) is 0 Å². The highest BCUT2D eigenvalue weighted by molar-refractivity contribution is 8.22. The van der Waals surface area contributed by atoms with Gasteiger partial charge in [0.05, 0.1) is 0 Å². The minimum atomic E-state index is -0.385. The van der Waals surface area contributed by atoms with E-state index in [1.54, 1.807) is 0 Å². The van der Waals surface area contributed by atoms with E-state index >= 15 is 0 Å². The normalized spacial score (nSPS) is 8.91. The Morgan fingerprint density at radius 1 is 1.73 bits per heavy atom. The molecule has 0 aromatic rings. The lowest BCUT2D eigenvalue weighted by molar-refractivity contribution is -0.144. The van der Waals surface area contributed by atoms with Crippen molar-refractivity contribution in [2.45, 2.75) is 20.3 Å². The fourth-order valence-electron chi connectivity index (χ4n) is 0.338. The largest absolute Gasteiger partial charge is 0.342 e. The van der Waals surface area contributed by atoms with E-state index in [2.05, 4.69) is 17.2 Å². The Labute approximate surface area is 75.8 Å². The molecule has 0 aliphatic carbocycles. The smallest absolute Gasteiger partial charge is 0.329 e. The van der Waals surface area contributed by atoms with Crippen LogP contribution < -0.4 is 5.48 Å². The second-order valence-electron chi connectivity index (χ2n) is 1.83. The van der Waals surface area contributed by atoms with Crippen LogP contribution in [0.2, 0.25) is 0 Å². The van der Waals surface area contributed by atoms with Crippen LogP contribution in [-0.4, -0.2) is 16.0 Å². The van der Waals surface area contributed by atoms with Crippen LogP contribution in [0.25, 0.3) is 0 Å². The first-order chi connectivity index (χ1) is 5.16. The Balaban J connectivity index is 3.30. The van der Waals surface area contributed by atoms with Crippen molar-refractivity contribution >= 4 is 34.3 Å². The van der Waals surface area contributed by atoms with Crippen molar-refractivity contribution in [1.82, 2.24) is 5.48 Å². The van der Waals surface area contributed by atoms with E-state index in [4.69, 9.17) is 12.2 Å². The minimum absolute atomic E-state index is 0.385. The van der Waals surface area contributed by atoms with Gasteiger partial charge in [-0.3, -0.25) is 4.79 Å². The Hall–Kier alpha value is -0.290. The van der Waals surface area contributed by atoms with Gasteiger partial charge in [-0.2, -0.15) is 0 Å². The molecule has 3 nitrogen and oxygen atoms in total. The standard InChI is InChI=1S/C6H11NO2S2/c1-3-4-11-6(10)7-9-5(2)8/h3-4H2,1-2H3,(H,7,10). The average Bonchev–Trinajstić information content (AvgIpc) is 1.97. The van der Waals surface area contributed by atoms with Crippen LogP contribution in [0.4, 0.5) is 0 Å². The maximum atomic E-state index is 10.3. The SMILES string of the molecule is CCCSC(=S)NOC(C)=O. The average molecular weight is 193 g/mol. The molecule has 0 aliphatic heterocycles. The van der Waals surface area contributed by atoms with E-state index in [9.17, 15) is 4.79 Å². The summed E-state index contributed by atoms with van der Waals surface area (Å²) in [5.74, 6) is 0.553. The van der Waals surface area contributed by atoms with Crippen molar-refractivity contribution in [3.63, 3.8) is 0 Å². The second kappa shape index (κ2) is 6.42. The second-order valence-corrected chi connectivity index (χ2v) is 3.60. The summed E-state index contributed by atoms with van der Waals surface area (Å²) < 4.78 is 0.502. The highest BCUT2D eigenvalue weighted by atomic mass is 32.2. The summed E-state index contributed by atoms with van der Waals surface area (Å²) in [6.45, 7) is 3.38. The first-order valence-electron chi connectivity index (χ1n) is 3.27. The molecule has 0 aromatic carbocycles. The molecule has 0 rings (SSSR count). The van der Waals surface area contributed by atoms with Crippen LogP contribution in [0.15, 0.2) is 0 Å². The van der Waals surface area contributed by atoms with Crippen LogP contribution in [0.5, 0.6) is 0 Å². The van der Waals surface area contributed by atoms with Gasteiger partial charge in [-0.1, -0.05) is 18.7 Å². The summed E-state index contributed by atoms with van der Waals surface area (Å²) in [5, 5.41) is 0. The zero-order chi connectivity index (χ0) is 8.69. The summed E-state index contributed by atoms with van der Waals surface area (Å²) in [7, 11) is 0. The van der Waals surface area contributed by atoms with Gasteiger partial charge in [-0.05, 0) is 18.6 Å². The number of hydroxylamine groups is 1. The minimum Gasteiger partial charge on any atom is -0.342 e. The van der Waals surface area contributed by atoms with Gasteiger partial charge >= 0.3 is 5.97 Å². The third-order valence-electron chi connectivity index (χ3n) is 0.715. The van der Waals surface area contributed by atoms with E-state index in [-0.39, 0.29) is 5.97 Å². The number of carbonyl (C=O) groups is 1. The highest BCUT2D eigenvalue weighted by Crippen LogP contribution is 2.02. The van der Waals surface area contributed by atoms with Gasteiger partial charge in [0.15, 0.2) is 4.32 Å². The fourth-order valence-corrected chi connectivity index (χ4v) is 1.12. The van der Waals surface area contributed by atoms with Crippen molar-refractivity contribution < 1.29 is 9.63 Å². The lowest BCUT2D eigenvalue weighted by atomic mass is 10.6. The number of hydrogen-bond acceptors (Lipinski definition) is 4. The van der Waals surface area contributed by atoms with E-state index in [1.807, 2.05) is 0 Å². The van der Waals surface area contributed by atoms with E-state index in [1.165, 1.54) is 18.7 Å². The molecule has 64 valence electrons. The van der Waals surface area contributed by atoms with Gasteiger partial charge in [0.2, 0.25) is 0 Å². The number of thioether (sulfide) groups is 1. The summed E-state index contributed by atoms with van der Waals surface area (Å²) in [6.07, 6.45) is 1.05. The first kappa shape index (κ1) is 10.7. The van der Waals surface area contributed by atoms with Crippen molar-refractivity contribution in [2.75, 3.05) is 5.75 Å². The number of carbonyl (C=O) groups excluding carboxylic acids is 1. The van der Waals surface area contributed by atoms with Crippen LogP contribution in [-0.2, 0) is 9.63 Å². The van der Waals surface area contributed by atoms with Gasteiger partial charge < -0.3 is 4.84 Å². The molecule has 0 spiro atoms. The predicted molar refractivity (Wildman–Crippen MR) is 50.2 cm³/mol. The van der Waals surface area contributed by atoms with E-state index in [0.29, 0.717) is 4.32 Å². The Bertz CT molecular complexity index is 150. The third-order valence-corrected chi connectivity index (χ3v) is 2.11. The maximum absolute atomic E-state index is 10.3. The molecular weight excluding hydrogens is 182 g/mol. The molecule has 0 bridgehead atoms. The molecule has 0 atom stereocenters. The predicted octanol–water partition coefficient (Wildman–Crippen LogP) is 1.48. The summed E-state index contributed by atoms with van der Waals surface area (Å²) >= 11 is 6.27. The molecule has 5 heteroatoms. The molecule has 0 amide bonds. The Morgan fingerprint density at radius 3 is 2.82 bits per heavy atom. The molecule has 1 N–H and O–H groups in total. The molecule has 0 saturated carbocycles. The lowest BCUT2D eigenvalue weighted by Gasteiger charge is -2.03. The van der Waals surface area contributed by atoms with Crippen molar-refractivity contribution in [3.8, 4) is 0 Å². The molecule has 0 saturated heterocycles. The Morgan fingerprint density at radius 2 is 2.36 bits per heavy atom. The molecule has 0 radical (unpaired) electrons. The van der Waals surface area contributed by atoms with Gasteiger partial charge in [0.25, 0.3) is 0 Å². The number of hydrogen-bond donors (Lipinski definition) is 1. The molecule has 0 aromatic heterocycles. The van der Waals surface area contributed by atoms with Crippen LogP contribution >= 0.6 is 24.0 Å². The summed E-state index contributed by atoms with van der Waals surface area (Å²) in [5.41, 5.74) is 2.36. The van der Waals surface area contributed by atoms with Crippen molar-refractivity contribution in [2.24, 2.45) is 0 Å². The quantitative estimate of drug-likeness (QED) is 0.531. The maximum Gasteiger partial charge on any atom is 0.329 e. The fraction of sp³-hybridized carbons (Fsp3) is 0.667. The molecule has 11 heavy (non-hydrogen) atoms. The number of thiocarbonyl (C=S) groups is 1. The zero-order valence-electron chi connectivity index (χ0n) is 6.55. The van der Waals surface area contributed by atoms with Gasteiger partial charge in [0.1, 0.15) is 0 Å². The summed E-state index contributed by atoms with van der Waals surface area (Å²) in [6, 6.07) is 0. The molecule has 0 heterocycles. The molecule has 0 unspecified atom stereocenters. The van der Waals surface area contributed by atoms with Crippen LogP contribution in [0.1, 0.15) is 20.3 Å². The zero-order valence-corrected chi connectivity index (χ0v) is 8.18. The summed E-state index contributed by atoms with van der Waals surface area (Å²) in [4.78, 5) is 14.7. The van der Waals surface area contributed by atoms with Crippen LogP contribution in [0, 0.1) is 0 Å². The molecule has 0 aliphatic rings. The lowest BCUT2D eigenvalue weighted by Crippen LogP contribution is -2.21. The Kier molecular flexibility index (Phi) is 6.25. The monoisotopic (exact) mass is 193 g/mol. The number of rotatable bonds is 2. The van der Waals surface area contributed by atoms with Crippen LogP contribution in [0.3, 0.4) is 0 Å². The molecular formula is C6H11NO2S2. The van der Waals surface area contributed by atoms with Gasteiger partial charge in [-0.25, -0.2) is 5.48 Å². The van der Waals surface area contributed by atoms with Gasteiger partial charge in [0, 0.05) is 12.7 Å². The first-order valence-corrected chi connectivity index (χ1v) is 4.66. The number of nitrogens with one attached hydrogen (secondary N) is 1. The van der Waals surface area contributed by atoms with E-state index in [0.717, 1.165) is 12.2 Å². The highest BCUT2D eigenvalue weighted by Gasteiger charge is 1.97. The third kappa shape index (κ3) is 7.61. The van der Waals surface area contributed by atoms with Crippen molar-refractivity contribution in [3.05, 3.63) is 0 Å². The van der Waals surface area contributed by atoms with E-state index < -0.39 is 0 Å². The van der Waals surface area contributed by atoms with Crippen molar-refractivity contribution in [1.29, 1.82) is 0 Å². The topological polar surface area (TPSA) is 38.3 Å². The molecule has 0 fully saturated rings.